The Hall–Kier alpha value is -3.69. The lowest BCUT2D eigenvalue weighted by atomic mass is 10.2. The largest absolute Gasteiger partial charge is 0.321 e. The Bertz CT molecular complexity index is 1360. The number of para-hydroxylation sites is 1. The van der Waals surface area contributed by atoms with Crippen molar-refractivity contribution in [3.8, 4) is 5.82 Å². The van der Waals surface area contributed by atoms with E-state index in [9.17, 15) is 13.2 Å². The van der Waals surface area contributed by atoms with E-state index in [1.165, 1.54) is 28.7 Å². The average molecular weight is 482 g/mol. The number of nitrogens with zero attached hydrogens (tertiary/aromatic N) is 4. The number of anilines is 2. The molecule has 0 saturated heterocycles. The highest BCUT2D eigenvalue weighted by Gasteiger charge is 2.25. The summed E-state index contributed by atoms with van der Waals surface area (Å²) < 4.78 is 29.4. The maximum absolute atomic E-state index is 13.3. The number of nitrogens with one attached hydrogen (secondary N) is 1. The van der Waals surface area contributed by atoms with Crippen molar-refractivity contribution in [1.29, 1.82) is 0 Å². The minimum atomic E-state index is -3.91. The Morgan fingerprint density at radius 3 is 2.52 bits per heavy atom. The van der Waals surface area contributed by atoms with Gasteiger partial charge in [-0.3, -0.25) is 9.10 Å². The number of carbonyl (C=O) groups is 1. The molecule has 10 heteroatoms. The second-order valence-corrected chi connectivity index (χ2v) is 9.23. The zero-order chi connectivity index (χ0) is 23.4. The van der Waals surface area contributed by atoms with Crippen LogP contribution in [0.2, 0.25) is 5.02 Å². The quantitative estimate of drug-likeness (QED) is 0.422. The van der Waals surface area contributed by atoms with Gasteiger partial charge in [0, 0.05) is 18.9 Å². The average Bonchev–Trinajstić information content (AvgIpc) is 3.36. The Morgan fingerprint density at radius 2 is 1.88 bits per heavy atom. The van der Waals surface area contributed by atoms with Crippen molar-refractivity contribution in [3.63, 3.8) is 0 Å². The Morgan fingerprint density at radius 1 is 1.09 bits per heavy atom. The van der Waals surface area contributed by atoms with Gasteiger partial charge in [-0.1, -0.05) is 29.8 Å². The highest BCUT2D eigenvalue weighted by atomic mass is 35.5. The lowest BCUT2D eigenvalue weighted by molar-refractivity contribution is 0.102. The molecule has 0 fully saturated rings. The van der Waals surface area contributed by atoms with Crippen LogP contribution in [-0.4, -0.2) is 35.6 Å². The Kier molecular flexibility index (Phi) is 6.43. The molecule has 0 aliphatic carbocycles. The first-order valence-electron chi connectivity index (χ1n) is 10.0. The van der Waals surface area contributed by atoms with Crippen molar-refractivity contribution in [2.24, 2.45) is 0 Å². The van der Waals surface area contributed by atoms with Gasteiger partial charge < -0.3 is 5.32 Å². The van der Waals surface area contributed by atoms with Crippen molar-refractivity contribution < 1.29 is 13.2 Å². The molecule has 4 rings (SSSR count). The maximum atomic E-state index is 13.3. The van der Waals surface area contributed by atoms with E-state index in [1.54, 1.807) is 66.5 Å². The summed E-state index contributed by atoms with van der Waals surface area (Å²) in [4.78, 5) is 17.1. The van der Waals surface area contributed by atoms with E-state index in [2.05, 4.69) is 15.4 Å². The van der Waals surface area contributed by atoms with E-state index in [-0.39, 0.29) is 22.0 Å². The topological polar surface area (TPSA) is 97.2 Å². The lowest BCUT2D eigenvalue weighted by Crippen LogP contribution is -2.31. The highest BCUT2D eigenvalue weighted by Crippen LogP contribution is 2.27. The van der Waals surface area contributed by atoms with Crippen LogP contribution < -0.4 is 9.62 Å². The van der Waals surface area contributed by atoms with Gasteiger partial charge in [-0.2, -0.15) is 5.10 Å². The number of hydrogen-bond acceptors (Lipinski definition) is 5. The molecule has 0 radical (unpaired) electrons. The summed E-state index contributed by atoms with van der Waals surface area (Å²) in [5.41, 5.74) is 1.00. The molecule has 0 saturated carbocycles. The molecule has 168 valence electrons. The fourth-order valence-corrected chi connectivity index (χ4v) is 4.95. The first kappa shape index (κ1) is 22.5. The van der Waals surface area contributed by atoms with Gasteiger partial charge in [0.05, 0.1) is 33.1 Å². The van der Waals surface area contributed by atoms with Crippen LogP contribution in [0.5, 0.6) is 0 Å². The van der Waals surface area contributed by atoms with Gasteiger partial charge in [-0.15, -0.1) is 0 Å². The zero-order valence-electron chi connectivity index (χ0n) is 17.6. The van der Waals surface area contributed by atoms with Crippen LogP contribution in [0.3, 0.4) is 0 Å². The maximum Gasteiger partial charge on any atom is 0.264 e. The highest BCUT2D eigenvalue weighted by molar-refractivity contribution is 7.92. The molecule has 1 N–H and O–H groups in total. The molecular formula is C23H20ClN5O3S. The second kappa shape index (κ2) is 9.43. The van der Waals surface area contributed by atoms with Gasteiger partial charge in [0.15, 0.2) is 5.82 Å². The molecule has 4 aromatic rings. The summed E-state index contributed by atoms with van der Waals surface area (Å²) in [5, 5.41) is 6.94. The molecule has 33 heavy (non-hydrogen) atoms. The molecule has 0 atom stereocenters. The van der Waals surface area contributed by atoms with E-state index in [0.29, 0.717) is 17.2 Å². The van der Waals surface area contributed by atoms with E-state index < -0.39 is 15.9 Å². The SMILES string of the molecule is CCN(c1ccccc1)S(=O)(=O)c1ccc(Cl)c(C(=O)Nc2ccc(-n3cccn3)nc2)c1. The van der Waals surface area contributed by atoms with Crippen LogP contribution >= 0.6 is 11.6 Å². The molecule has 0 spiro atoms. The molecule has 2 aromatic heterocycles. The monoisotopic (exact) mass is 481 g/mol. The van der Waals surface area contributed by atoms with E-state index in [4.69, 9.17) is 11.6 Å². The molecule has 0 aliphatic heterocycles. The molecule has 8 nitrogen and oxygen atoms in total. The van der Waals surface area contributed by atoms with Gasteiger partial charge in [0.1, 0.15) is 0 Å². The molecule has 0 aliphatic rings. The smallest absolute Gasteiger partial charge is 0.264 e. The molecule has 2 aromatic carbocycles. The molecule has 1 amide bonds. The van der Waals surface area contributed by atoms with Crippen LogP contribution in [0.4, 0.5) is 11.4 Å². The minimum Gasteiger partial charge on any atom is -0.321 e. The number of rotatable bonds is 7. The van der Waals surface area contributed by atoms with Crippen LogP contribution in [0.15, 0.2) is 90.2 Å². The third-order valence-corrected chi connectivity index (χ3v) is 7.08. The number of sulfonamides is 1. The predicted octanol–water partition coefficient (Wildman–Crippen LogP) is 4.39. The van der Waals surface area contributed by atoms with Gasteiger partial charge in [0.2, 0.25) is 0 Å². The van der Waals surface area contributed by atoms with Gasteiger partial charge in [0.25, 0.3) is 15.9 Å². The van der Waals surface area contributed by atoms with Crippen LogP contribution in [-0.2, 0) is 10.0 Å². The molecule has 2 heterocycles. The number of benzene rings is 2. The van der Waals surface area contributed by atoms with Crippen LogP contribution in [0.25, 0.3) is 5.82 Å². The summed E-state index contributed by atoms with van der Waals surface area (Å²) >= 11 is 6.23. The second-order valence-electron chi connectivity index (χ2n) is 6.96. The van der Waals surface area contributed by atoms with Crippen molar-refractivity contribution in [2.75, 3.05) is 16.2 Å². The molecule has 0 bridgehead atoms. The number of amides is 1. The number of pyridine rings is 1. The normalized spacial score (nSPS) is 11.2. The van der Waals surface area contributed by atoms with Crippen molar-refractivity contribution in [2.45, 2.75) is 11.8 Å². The van der Waals surface area contributed by atoms with Crippen LogP contribution in [0, 0.1) is 0 Å². The third-order valence-electron chi connectivity index (χ3n) is 4.85. The van der Waals surface area contributed by atoms with E-state index in [0.717, 1.165) is 0 Å². The summed E-state index contributed by atoms with van der Waals surface area (Å²) in [6, 6.07) is 18.0. The van der Waals surface area contributed by atoms with Gasteiger partial charge in [-0.05, 0) is 55.5 Å². The van der Waals surface area contributed by atoms with E-state index in [1.807, 2.05) is 6.07 Å². The fourth-order valence-electron chi connectivity index (χ4n) is 3.25. The summed E-state index contributed by atoms with van der Waals surface area (Å²) in [5.74, 6) is 0.0399. The molecule has 0 unspecified atom stereocenters. The summed E-state index contributed by atoms with van der Waals surface area (Å²) in [7, 11) is -3.91. The number of carbonyl (C=O) groups excluding carboxylic acids is 1. The van der Waals surface area contributed by atoms with Crippen molar-refractivity contribution >= 4 is 38.9 Å². The third kappa shape index (κ3) is 4.74. The number of halogens is 1. The first-order chi connectivity index (χ1) is 15.9. The summed E-state index contributed by atoms with van der Waals surface area (Å²) in [6.45, 7) is 1.97. The predicted molar refractivity (Wildman–Crippen MR) is 127 cm³/mol. The lowest BCUT2D eigenvalue weighted by Gasteiger charge is -2.23. The number of aromatic nitrogens is 3. The van der Waals surface area contributed by atoms with Crippen molar-refractivity contribution in [3.05, 3.63) is 95.9 Å². The first-order valence-corrected chi connectivity index (χ1v) is 11.9. The number of hydrogen-bond donors (Lipinski definition) is 1. The standard InChI is InChI=1S/C23H20ClN5O3S/c1-2-29(18-7-4-3-5-8-18)33(31,32)19-10-11-21(24)20(15-19)23(30)27-17-9-12-22(25-16-17)28-14-6-13-26-28/h3-16H,2H2,1H3,(H,27,30). The zero-order valence-corrected chi connectivity index (χ0v) is 19.2. The van der Waals surface area contributed by atoms with Gasteiger partial charge >= 0.3 is 0 Å². The summed E-state index contributed by atoms with van der Waals surface area (Å²) in [6.07, 6.45) is 4.87. The van der Waals surface area contributed by atoms with Crippen molar-refractivity contribution in [1.82, 2.24) is 14.8 Å². The fraction of sp³-hybridized carbons (Fsp3) is 0.0870. The van der Waals surface area contributed by atoms with E-state index >= 15 is 0 Å². The van der Waals surface area contributed by atoms with Gasteiger partial charge in [-0.25, -0.2) is 18.1 Å². The van der Waals surface area contributed by atoms with Crippen LogP contribution in [0.1, 0.15) is 17.3 Å². The molecular weight excluding hydrogens is 462 g/mol. The Balaban J connectivity index is 1.59. The minimum absolute atomic E-state index is 0.0325. The Labute approximate surface area is 196 Å².